The number of benzene rings is 2. The number of nitrogens with one attached hydrogen (secondary N) is 1. The highest BCUT2D eigenvalue weighted by Crippen LogP contribution is 2.23. The number of hydrogen-bond acceptors (Lipinski definition) is 4. The van der Waals surface area contributed by atoms with Crippen LogP contribution in [0.2, 0.25) is 0 Å². The number of carboxylic acids is 1. The van der Waals surface area contributed by atoms with Crippen molar-refractivity contribution in [1.82, 2.24) is 0 Å². The number of aryl methyl sites for hydroxylation is 1. The molecule has 1 aliphatic heterocycles. The van der Waals surface area contributed by atoms with E-state index in [1.165, 1.54) is 12.1 Å². The van der Waals surface area contributed by atoms with E-state index in [4.69, 9.17) is 9.84 Å². The first-order chi connectivity index (χ1) is 11.5. The van der Waals surface area contributed by atoms with Gasteiger partial charge in [-0.1, -0.05) is 29.8 Å². The molecular formula is C18H15NO5. The summed E-state index contributed by atoms with van der Waals surface area (Å²) in [6.45, 7) is 1.87. The van der Waals surface area contributed by atoms with Gasteiger partial charge in [0.05, 0.1) is 16.8 Å². The average molecular weight is 325 g/mol. The minimum Gasteiger partial charge on any atom is -0.478 e. The van der Waals surface area contributed by atoms with Gasteiger partial charge >= 0.3 is 11.9 Å². The third-order valence-electron chi connectivity index (χ3n) is 3.85. The second-order valence-electron chi connectivity index (χ2n) is 5.60. The molecule has 2 aromatic carbocycles. The van der Waals surface area contributed by atoms with E-state index in [0.29, 0.717) is 5.56 Å². The molecule has 2 N–H and O–H groups in total. The van der Waals surface area contributed by atoms with E-state index >= 15 is 0 Å². The van der Waals surface area contributed by atoms with Crippen LogP contribution in [0.15, 0.2) is 42.5 Å². The predicted molar refractivity (Wildman–Crippen MR) is 86.1 cm³/mol. The lowest BCUT2D eigenvalue weighted by atomic mass is 9.96. The van der Waals surface area contributed by atoms with E-state index in [-0.39, 0.29) is 17.7 Å². The summed E-state index contributed by atoms with van der Waals surface area (Å²) in [6.07, 6.45) is -0.739. The predicted octanol–water partition coefficient (Wildman–Crippen LogP) is 2.41. The molecule has 24 heavy (non-hydrogen) atoms. The summed E-state index contributed by atoms with van der Waals surface area (Å²) in [7, 11) is 0. The van der Waals surface area contributed by atoms with Gasteiger partial charge in [-0.05, 0) is 30.7 Å². The van der Waals surface area contributed by atoms with Crippen LogP contribution in [0.25, 0.3) is 0 Å². The molecule has 0 aromatic heterocycles. The van der Waals surface area contributed by atoms with E-state index < -0.39 is 23.9 Å². The molecular weight excluding hydrogens is 310 g/mol. The van der Waals surface area contributed by atoms with Gasteiger partial charge in [0.1, 0.15) is 0 Å². The lowest BCUT2D eigenvalue weighted by Crippen LogP contribution is -2.38. The number of para-hydroxylation sites is 1. The van der Waals surface area contributed by atoms with Crippen molar-refractivity contribution in [3.63, 3.8) is 0 Å². The van der Waals surface area contributed by atoms with Crippen molar-refractivity contribution in [1.29, 1.82) is 0 Å². The number of ether oxygens (including phenoxy) is 1. The molecule has 1 atom stereocenters. The third-order valence-corrected chi connectivity index (χ3v) is 3.85. The molecule has 0 saturated heterocycles. The number of carbonyl (C=O) groups is 3. The maximum atomic E-state index is 12.4. The van der Waals surface area contributed by atoms with Crippen molar-refractivity contribution in [3.05, 3.63) is 64.7 Å². The van der Waals surface area contributed by atoms with E-state index in [1.807, 2.05) is 13.0 Å². The molecule has 0 unspecified atom stereocenters. The number of fused-ring (bicyclic) bond motifs is 1. The zero-order valence-corrected chi connectivity index (χ0v) is 12.9. The summed E-state index contributed by atoms with van der Waals surface area (Å²) in [4.78, 5) is 35.7. The minimum absolute atomic E-state index is 0.0241. The van der Waals surface area contributed by atoms with E-state index in [1.54, 1.807) is 24.3 Å². The number of aromatic carboxylic acids is 1. The molecule has 0 saturated carbocycles. The molecule has 2 aromatic rings. The van der Waals surface area contributed by atoms with E-state index in [9.17, 15) is 14.4 Å². The molecule has 0 radical (unpaired) electrons. The van der Waals surface area contributed by atoms with Crippen molar-refractivity contribution in [3.8, 4) is 0 Å². The lowest BCUT2D eigenvalue weighted by molar-refractivity contribution is -0.125. The molecule has 6 nitrogen and oxygen atoms in total. The Hall–Kier alpha value is -3.15. The van der Waals surface area contributed by atoms with Crippen molar-refractivity contribution in [2.45, 2.75) is 19.4 Å². The SMILES string of the molecule is Cc1ccc2c(c1)C(=O)O[C@@H](C(=O)Nc1ccccc1C(=O)O)C2. The van der Waals surface area contributed by atoms with Crippen LogP contribution in [0.3, 0.4) is 0 Å². The normalized spacial score (nSPS) is 16.0. The Labute approximate surface area is 138 Å². The zero-order valence-electron chi connectivity index (χ0n) is 12.9. The molecule has 1 aliphatic rings. The van der Waals surface area contributed by atoms with Crippen molar-refractivity contribution < 1.29 is 24.2 Å². The Bertz CT molecular complexity index is 843. The van der Waals surface area contributed by atoms with Gasteiger partial charge in [-0.3, -0.25) is 4.79 Å². The van der Waals surface area contributed by atoms with Crippen LogP contribution in [-0.4, -0.2) is 29.1 Å². The Morgan fingerprint density at radius 2 is 1.96 bits per heavy atom. The van der Waals surface area contributed by atoms with Gasteiger partial charge in [-0.2, -0.15) is 0 Å². The van der Waals surface area contributed by atoms with Crippen LogP contribution in [0, 0.1) is 6.92 Å². The van der Waals surface area contributed by atoms with Gasteiger partial charge in [0.2, 0.25) is 0 Å². The van der Waals surface area contributed by atoms with Crippen LogP contribution in [0.5, 0.6) is 0 Å². The van der Waals surface area contributed by atoms with Gasteiger partial charge in [-0.25, -0.2) is 9.59 Å². The molecule has 0 spiro atoms. The molecule has 0 bridgehead atoms. The highest BCUT2D eigenvalue weighted by molar-refractivity contribution is 6.04. The smallest absolute Gasteiger partial charge is 0.339 e. The Kier molecular flexibility index (Phi) is 4.04. The summed E-state index contributed by atoms with van der Waals surface area (Å²) < 4.78 is 5.20. The number of carboxylic acid groups (broad SMARTS) is 1. The highest BCUT2D eigenvalue weighted by Gasteiger charge is 2.31. The number of carbonyl (C=O) groups excluding carboxylic acids is 2. The molecule has 1 amide bonds. The first-order valence-corrected chi connectivity index (χ1v) is 7.39. The second kappa shape index (κ2) is 6.16. The minimum atomic E-state index is -1.15. The second-order valence-corrected chi connectivity index (χ2v) is 5.60. The fourth-order valence-corrected chi connectivity index (χ4v) is 2.63. The van der Waals surface area contributed by atoms with E-state index in [0.717, 1.165) is 11.1 Å². The molecule has 0 aliphatic carbocycles. The van der Waals surface area contributed by atoms with Crippen molar-refractivity contribution in [2.24, 2.45) is 0 Å². The Morgan fingerprint density at radius 3 is 2.71 bits per heavy atom. The van der Waals surface area contributed by atoms with E-state index in [2.05, 4.69) is 5.32 Å². The largest absolute Gasteiger partial charge is 0.478 e. The van der Waals surface area contributed by atoms with Gasteiger partial charge < -0.3 is 15.2 Å². The highest BCUT2D eigenvalue weighted by atomic mass is 16.5. The summed E-state index contributed by atoms with van der Waals surface area (Å²) in [5.74, 6) is -2.25. The number of amides is 1. The molecule has 3 rings (SSSR count). The summed E-state index contributed by atoms with van der Waals surface area (Å²) in [5.41, 5.74) is 2.28. The van der Waals surface area contributed by atoms with Crippen LogP contribution < -0.4 is 5.32 Å². The maximum absolute atomic E-state index is 12.4. The molecule has 1 heterocycles. The quantitative estimate of drug-likeness (QED) is 0.845. The van der Waals surface area contributed by atoms with Crippen molar-refractivity contribution >= 4 is 23.5 Å². The average Bonchev–Trinajstić information content (AvgIpc) is 2.55. The number of rotatable bonds is 3. The number of hydrogen-bond donors (Lipinski definition) is 2. The number of anilines is 1. The molecule has 6 heteroatoms. The van der Waals surface area contributed by atoms with Crippen molar-refractivity contribution in [2.75, 3.05) is 5.32 Å². The number of esters is 1. The Morgan fingerprint density at radius 1 is 1.21 bits per heavy atom. The maximum Gasteiger partial charge on any atom is 0.339 e. The topological polar surface area (TPSA) is 92.7 Å². The molecule has 0 fully saturated rings. The Balaban J connectivity index is 1.81. The summed E-state index contributed by atoms with van der Waals surface area (Å²) in [5, 5.41) is 11.7. The lowest BCUT2D eigenvalue weighted by Gasteiger charge is -2.24. The van der Waals surface area contributed by atoms with Gasteiger partial charge in [0.15, 0.2) is 6.10 Å². The summed E-state index contributed by atoms with van der Waals surface area (Å²) >= 11 is 0. The number of cyclic esters (lactones) is 1. The standard InChI is InChI=1S/C18H15NO5/c1-10-6-7-11-9-15(24-18(23)13(11)8-10)16(20)19-14-5-3-2-4-12(14)17(21)22/h2-8,15H,9H2,1H3,(H,19,20)(H,21,22)/t15-/m1/s1. The fraction of sp³-hybridized carbons (Fsp3) is 0.167. The van der Waals surface area contributed by atoms with Crippen LogP contribution >= 0.6 is 0 Å². The third kappa shape index (κ3) is 2.99. The fourth-order valence-electron chi connectivity index (χ4n) is 2.63. The monoisotopic (exact) mass is 325 g/mol. The first kappa shape index (κ1) is 15.7. The van der Waals surface area contributed by atoms with Gasteiger partial charge in [-0.15, -0.1) is 0 Å². The first-order valence-electron chi connectivity index (χ1n) is 7.39. The van der Waals surface area contributed by atoms with Gasteiger partial charge in [0, 0.05) is 6.42 Å². The molecule has 122 valence electrons. The van der Waals surface area contributed by atoms with Crippen LogP contribution in [0.4, 0.5) is 5.69 Å². The van der Waals surface area contributed by atoms with Crippen LogP contribution in [0.1, 0.15) is 31.8 Å². The zero-order chi connectivity index (χ0) is 17.3. The van der Waals surface area contributed by atoms with Crippen LogP contribution in [-0.2, 0) is 16.0 Å². The van der Waals surface area contributed by atoms with Gasteiger partial charge in [0.25, 0.3) is 5.91 Å². The summed E-state index contributed by atoms with van der Waals surface area (Å²) in [6, 6.07) is 11.5.